The van der Waals surface area contributed by atoms with Crippen LogP contribution in [0, 0.1) is 5.92 Å². The Balaban J connectivity index is 1.58. The second-order valence-electron chi connectivity index (χ2n) is 6.29. The molecular formula is C18H24N2O2. The Bertz CT molecular complexity index is 582. The molecule has 0 bridgehead atoms. The van der Waals surface area contributed by atoms with Crippen molar-refractivity contribution in [3.8, 4) is 11.3 Å². The second-order valence-corrected chi connectivity index (χ2v) is 6.29. The molecule has 2 aromatic rings. The van der Waals surface area contributed by atoms with Gasteiger partial charge < -0.3 is 9.52 Å². The number of aromatic nitrogens is 1. The minimum absolute atomic E-state index is 0.152. The quantitative estimate of drug-likeness (QED) is 0.920. The molecule has 4 heteroatoms. The van der Waals surface area contributed by atoms with Gasteiger partial charge in [0.05, 0.1) is 18.8 Å². The van der Waals surface area contributed by atoms with Gasteiger partial charge in [-0.1, -0.05) is 43.2 Å². The highest BCUT2D eigenvalue weighted by molar-refractivity contribution is 5.55. The van der Waals surface area contributed by atoms with Crippen molar-refractivity contribution in [2.45, 2.75) is 38.3 Å². The molecule has 0 aliphatic heterocycles. The van der Waals surface area contributed by atoms with Crippen LogP contribution >= 0.6 is 0 Å². The zero-order chi connectivity index (χ0) is 15.4. The first-order valence-corrected chi connectivity index (χ1v) is 8.09. The van der Waals surface area contributed by atoms with Gasteiger partial charge in [0.15, 0.2) is 5.76 Å². The number of aliphatic hydroxyl groups excluding tert-OH is 1. The molecule has 3 rings (SSSR count). The topological polar surface area (TPSA) is 49.5 Å². The van der Waals surface area contributed by atoms with Gasteiger partial charge in [0.1, 0.15) is 0 Å². The lowest BCUT2D eigenvalue weighted by Crippen LogP contribution is -2.34. The van der Waals surface area contributed by atoms with Crippen molar-refractivity contribution < 1.29 is 9.52 Å². The van der Waals surface area contributed by atoms with E-state index in [0.717, 1.165) is 43.0 Å². The summed E-state index contributed by atoms with van der Waals surface area (Å²) in [4.78, 5) is 6.57. The number of hydrogen-bond acceptors (Lipinski definition) is 4. The number of oxazole rings is 1. The van der Waals surface area contributed by atoms with E-state index in [1.165, 1.54) is 6.42 Å². The molecule has 2 unspecified atom stereocenters. The summed E-state index contributed by atoms with van der Waals surface area (Å²) in [5.41, 5.74) is 1.05. The molecule has 0 spiro atoms. The minimum Gasteiger partial charge on any atom is -0.439 e. The van der Waals surface area contributed by atoms with E-state index < -0.39 is 0 Å². The molecule has 1 aromatic carbocycles. The van der Waals surface area contributed by atoms with E-state index in [4.69, 9.17) is 4.42 Å². The molecule has 2 atom stereocenters. The van der Waals surface area contributed by atoms with Crippen molar-refractivity contribution >= 4 is 0 Å². The summed E-state index contributed by atoms with van der Waals surface area (Å²) in [5, 5.41) is 10.1. The van der Waals surface area contributed by atoms with Crippen LogP contribution in [0.15, 0.2) is 40.9 Å². The maximum absolute atomic E-state index is 10.1. The lowest BCUT2D eigenvalue weighted by molar-refractivity contribution is 0.0488. The average Bonchev–Trinajstić information content (AvgIpc) is 2.99. The lowest BCUT2D eigenvalue weighted by Gasteiger charge is -2.30. The third kappa shape index (κ3) is 3.76. The highest BCUT2D eigenvalue weighted by Gasteiger charge is 2.24. The molecule has 1 aromatic heterocycles. The molecular weight excluding hydrogens is 276 g/mol. The first-order chi connectivity index (χ1) is 10.7. The van der Waals surface area contributed by atoms with E-state index in [1.807, 2.05) is 30.3 Å². The molecule has 1 heterocycles. The summed E-state index contributed by atoms with van der Waals surface area (Å²) in [5.74, 6) is 1.91. The average molecular weight is 300 g/mol. The molecule has 4 nitrogen and oxygen atoms in total. The van der Waals surface area contributed by atoms with Crippen LogP contribution in [-0.2, 0) is 6.54 Å². The van der Waals surface area contributed by atoms with Crippen LogP contribution in [0.5, 0.6) is 0 Å². The summed E-state index contributed by atoms with van der Waals surface area (Å²) in [6.07, 6.45) is 6.07. The molecule has 0 saturated heterocycles. The van der Waals surface area contributed by atoms with Crippen LogP contribution in [-0.4, -0.2) is 34.7 Å². The molecule has 1 fully saturated rings. The molecule has 1 aliphatic rings. The van der Waals surface area contributed by atoms with Gasteiger partial charge in [0.25, 0.3) is 0 Å². The monoisotopic (exact) mass is 300 g/mol. The smallest absolute Gasteiger partial charge is 0.209 e. The highest BCUT2D eigenvalue weighted by atomic mass is 16.4. The first-order valence-electron chi connectivity index (χ1n) is 8.09. The molecule has 22 heavy (non-hydrogen) atoms. The van der Waals surface area contributed by atoms with Gasteiger partial charge in [-0.25, -0.2) is 4.98 Å². The summed E-state index contributed by atoms with van der Waals surface area (Å²) in [6, 6.07) is 10.0. The zero-order valence-corrected chi connectivity index (χ0v) is 13.1. The third-order valence-electron chi connectivity index (χ3n) is 4.43. The Labute approximate surface area is 131 Å². The van der Waals surface area contributed by atoms with Crippen molar-refractivity contribution in [2.24, 2.45) is 5.92 Å². The Morgan fingerprint density at radius 2 is 2.00 bits per heavy atom. The maximum atomic E-state index is 10.1. The Kier molecular flexibility index (Phi) is 4.90. The van der Waals surface area contributed by atoms with E-state index in [9.17, 15) is 5.11 Å². The van der Waals surface area contributed by atoms with E-state index in [2.05, 4.69) is 16.9 Å². The van der Waals surface area contributed by atoms with Crippen LogP contribution in [0.25, 0.3) is 11.3 Å². The predicted molar refractivity (Wildman–Crippen MR) is 86.2 cm³/mol. The highest BCUT2D eigenvalue weighted by Crippen LogP contribution is 2.25. The normalized spacial score (nSPS) is 22.1. The van der Waals surface area contributed by atoms with Crippen molar-refractivity contribution in [2.75, 3.05) is 13.6 Å². The van der Waals surface area contributed by atoms with E-state index >= 15 is 0 Å². The fraction of sp³-hybridized carbons (Fsp3) is 0.500. The molecule has 1 N–H and O–H groups in total. The number of benzene rings is 1. The zero-order valence-electron chi connectivity index (χ0n) is 13.1. The molecule has 0 radical (unpaired) electrons. The van der Waals surface area contributed by atoms with Crippen molar-refractivity contribution in [1.29, 1.82) is 0 Å². The number of aliphatic hydroxyl groups is 1. The summed E-state index contributed by atoms with van der Waals surface area (Å²) >= 11 is 0. The second kappa shape index (κ2) is 7.07. The number of hydrogen-bond donors (Lipinski definition) is 1. The van der Waals surface area contributed by atoms with E-state index in [-0.39, 0.29) is 6.10 Å². The van der Waals surface area contributed by atoms with Crippen molar-refractivity contribution in [3.63, 3.8) is 0 Å². The molecule has 118 valence electrons. The van der Waals surface area contributed by atoms with Crippen LogP contribution in [0.4, 0.5) is 0 Å². The van der Waals surface area contributed by atoms with Gasteiger partial charge in [-0.2, -0.15) is 0 Å². The first kappa shape index (κ1) is 15.3. The number of rotatable bonds is 5. The van der Waals surface area contributed by atoms with Gasteiger partial charge >= 0.3 is 0 Å². The van der Waals surface area contributed by atoms with Gasteiger partial charge in [0.2, 0.25) is 5.89 Å². The SMILES string of the molecule is CN(Cc1ncc(-c2ccccc2)o1)CC1CCCCC1O. The maximum Gasteiger partial charge on any atom is 0.209 e. The van der Waals surface area contributed by atoms with Gasteiger partial charge in [-0.15, -0.1) is 0 Å². The number of nitrogens with zero attached hydrogens (tertiary/aromatic N) is 2. The standard InChI is InChI=1S/C18H24N2O2/c1-20(12-15-9-5-6-10-16(15)21)13-18-19-11-17(22-18)14-7-3-2-4-8-14/h2-4,7-8,11,15-16,21H,5-6,9-10,12-13H2,1H3. The van der Waals surface area contributed by atoms with Crippen molar-refractivity contribution in [3.05, 3.63) is 42.4 Å². The largest absolute Gasteiger partial charge is 0.439 e. The van der Waals surface area contributed by atoms with Gasteiger partial charge in [-0.3, -0.25) is 4.90 Å². The van der Waals surface area contributed by atoms with Crippen molar-refractivity contribution in [1.82, 2.24) is 9.88 Å². The van der Waals surface area contributed by atoms with Gasteiger partial charge in [0, 0.05) is 12.1 Å². The predicted octanol–water partition coefficient (Wildman–Crippen LogP) is 3.32. The summed E-state index contributed by atoms with van der Waals surface area (Å²) in [6.45, 7) is 1.57. The summed E-state index contributed by atoms with van der Waals surface area (Å²) < 4.78 is 5.84. The molecule has 0 amide bonds. The van der Waals surface area contributed by atoms with Crippen LogP contribution in [0.3, 0.4) is 0 Å². The summed E-state index contributed by atoms with van der Waals surface area (Å²) in [7, 11) is 2.06. The third-order valence-corrected chi connectivity index (χ3v) is 4.43. The lowest BCUT2D eigenvalue weighted by atomic mass is 9.86. The Morgan fingerprint density at radius 3 is 2.77 bits per heavy atom. The minimum atomic E-state index is -0.152. The Hall–Kier alpha value is -1.65. The van der Waals surface area contributed by atoms with Crippen LogP contribution in [0.1, 0.15) is 31.6 Å². The van der Waals surface area contributed by atoms with Crippen LogP contribution in [0.2, 0.25) is 0 Å². The molecule has 1 aliphatic carbocycles. The Morgan fingerprint density at radius 1 is 1.23 bits per heavy atom. The van der Waals surface area contributed by atoms with E-state index in [0.29, 0.717) is 12.5 Å². The molecule has 1 saturated carbocycles. The van der Waals surface area contributed by atoms with Gasteiger partial charge in [-0.05, 0) is 25.8 Å². The fourth-order valence-electron chi connectivity index (χ4n) is 3.22. The van der Waals surface area contributed by atoms with Crippen LogP contribution < -0.4 is 0 Å². The van der Waals surface area contributed by atoms with E-state index in [1.54, 1.807) is 6.20 Å². The fourth-order valence-corrected chi connectivity index (χ4v) is 3.22.